The van der Waals surface area contributed by atoms with Crippen LogP contribution in [0.3, 0.4) is 0 Å². The second-order valence-electron chi connectivity index (χ2n) is 12.6. The van der Waals surface area contributed by atoms with Crippen molar-refractivity contribution < 1.29 is 9.59 Å². The molecule has 1 unspecified atom stereocenters. The van der Waals surface area contributed by atoms with E-state index >= 15 is 0 Å². The molecule has 2 aliphatic rings. The van der Waals surface area contributed by atoms with Gasteiger partial charge >= 0.3 is 0 Å². The SMILES string of the molecule is CC(Nc1ccccc1C(c1ccccc1)c1ccccc1)C(=O)N1CCN(C(=O)C2(c3ccccc3)CCN(C)CC2)CC1. The number of piperazine rings is 1. The lowest BCUT2D eigenvalue weighted by molar-refractivity contribution is -0.145. The molecule has 0 saturated carbocycles. The summed E-state index contributed by atoms with van der Waals surface area (Å²) in [6, 6.07) is 39.2. The first-order valence-corrected chi connectivity index (χ1v) is 16.2. The molecule has 2 amide bonds. The van der Waals surface area contributed by atoms with E-state index in [9.17, 15) is 9.59 Å². The molecule has 6 nitrogen and oxygen atoms in total. The van der Waals surface area contributed by atoms with Crippen molar-refractivity contribution in [1.82, 2.24) is 14.7 Å². The maximum atomic E-state index is 14.2. The van der Waals surface area contributed by atoms with Gasteiger partial charge in [-0.25, -0.2) is 0 Å². The van der Waals surface area contributed by atoms with Gasteiger partial charge in [0.1, 0.15) is 6.04 Å². The van der Waals surface area contributed by atoms with E-state index in [2.05, 4.69) is 96.1 Å². The largest absolute Gasteiger partial charge is 0.374 e. The predicted molar refractivity (Wildman–Crippen MR) is 181 cm³/mol. The second kappa shape index (κ2) is 13.7. The van der Waals surface area contributed by atoms with Crippen LogP contribution in [0.2, 0.25) is 0 Å². The molecule has 0 radical (unpaired) electrons. The lowest BCUT2D eigenvalue weighted by atomic mass is 9.71. The molecule has 1 atom stereocenters. The number of anilines is 1. The highest BCUT2D eigenvalue weighted by molar-refractivity contribution is 5.89. The minimum atomic E-state index is -0.493. The van der Waals surface area contributed by atoms with E-state index in [-0.39, 0.29) is 17.7 Å². The highest BCUT2D eigenvalue weighted by Gasteiger charge is 2.45. The zero-order chi connectivity index (χ0) is 31.2. The second-order valence-corrected chi connectivity index (χ2v) is 12.6. The van der Waals surface area contributed by atoms with Crippen LogP contribution in [0.25, 0.3) is 0 Å². The number of piperidine rings is 1. The van der Waals surface area contributed by atoms with Gasteiger partial charge < -0.3 is 20.0 Å². The Morgan fingerprint density at radius 1 is 0.644 bits per heavy atom. The molecular formula is C39H44N4O2. The Labute approximate surface area is 267 Å². The fourth-order valence-electron chi connectivity index (χ4n) is 7.11. The average molecular weight is 601 g/mol. The molecule has 232 valence electrons. The number of para-hydroxylation sites is 1. The van der Waals surface area contributed by atoms with Crippen LogP contribution in [0.4, 0.5) is 5.69 Å². The van der Waals surface area contributed by atoms with Crippen molar-refractivity contribution in [2.24, 2.45) is 0 Å². The monoisotopic (exact) mass is 600 g/mol. The normalized spacial score (nSPS) is 17.6. The van der Waals surface area contributed by atoms with Gasteiger partial charge in [-0.15, -0.1) is 0 Å². The van der Waals surface area contributed by atoms with Gasteiger partial charge in [0.2, 0.25) is 11.8 Å². The van der Waals surface area contributed by atoms with Gasteiger partial charge in [-0.05, 0) is 68.2 Å². The summed E-state index contributed by atoms with van der Waals surface area (Å²) >= 11 is 0. The lowest BCUT2D eigenvalue weighted by Crippen LogP contribution is -2.58. The molecule has 2 heterocycles. The standard InChI is InChI=1S/C39H44N4O2/c1-30(40-35-21-13-12-20-34(35)36(31-14-6-3-7-15-31)32-16-8-4-9-17-32)37(44)42-26-28-43(29-27-42)38(45)39(22-24-41(2)25-23-39)33-18-10-5-11-19-33/h3-21,30,36,40H,22-29H2,1-2H3. The number of hydrogen-bond acceptors (Lipinski definition) is 4. The van der Waals surface area contributed by atoms with Crippen LogP contribution >= 0.6 is 0 Å². The zero-order valence-electron chi connectivity index (χ0n) is 26.4. The van der Waals surface area contributed by atoms with Gasteiger partial charge in [0.05, 0.1) is 5.41 Å². The predicted octanol–water partition coefficient (Wildman–Crippen LogP) is 6.00. The van der Waals surface area contributed by atoms with Gasteiger partial charge in [-0.3, -0.25) is 9.59 Å². The first kappa shape index (κ1) is 30.6. The van der Waals surface area contributed by atoms with Crippen molar-refractivity contribution in [3.63, 3.8) is 0 Å². The fraction of sp³-hybridized carbons (Fsp3) is 0.333. The van der Waals surface area contributed by atoms with Crippen LogP contribution in [0.1, 0.15) is 47.9 Å². The smallest absolute Gasteiger partial charge is 0.244 e. The Morgan fingerprint density at radius 2 is 1.13 bits per heavy atom. The molecule has 6 heteroatoms. The fourth-order valence-corrected chi connectivity index (χ4v) is 7.11. The van der Waals surface area contributed by atoms with Gasteiger partial charge in [0.15, 0.2) is 0 Å². The number of carbonyl (C=O) groups excluding carboxylic acids is 2. The Hall–Kier alpha value is -4.42. The third-order valence-corrected chi connectivity index (χ3v) is 9.73. The third kappa shape index (κ3) is 6.52. The molecule has 6 rings (SSSR count). The quantitative estimate of drug-likeness (QED) is 0.252. The van der Waals surface area contributed by atoms with Gasteiger partial charge in [-0.1, -0.05) is 109 Å². The highest BCUT2D eigenvalue weighted by Crippen LogP contribution is 2.38. The van der Waals surface area contributed by atoms with E-state index in [1.54, 1.807) is 0 Å². The minimum absolute atomic E-state index is 0.0319. The van der Waals surface area contributed by atoms with Crippen LogP contribution in [-0.4, -0.2) is 78.9 Å². The number of nitrogens with zero attached hydrogens (tertiary/aromatic N) is 3. The first-order valence-electron chi connectivity index (χ1n) is 16.2. The van der Waals surface area contributed by atoms with Gasteiger partial charge in [0, 0.05) is 37.8 Å². The van der Waals surface area contributed by atoms with E-state index in [1.165, 1.54) is 11.1 Å². The molecule has 2 fully saturated rings. The number of likely N-dealkylation sites (tertiary alicyclic amines) is 1. The topological polar surface area (TPSA) is 55.9 Å². The van der Waals surface area contributed by atoms with E-state index in [4.69, 9.17) is 0 Å². The van der Waals surface area contributed by atoms with E-state index in [1.807, 2.05) is 53.1 Å². The van der Waals surface area contributed by atoms with Crippen LogP contribution in [0, 0.1) is 0 Å². The summed E-state index contributed by atoms with van der Waals surface area (Å²) in [6.45, 7) is 5.95. The third-order valence-electron chi connectivity index (χ3n) is 9.73. The first-order chi connectivity index (χ1) is 22.0. The Balaban J connectivity index is 1.15. The molecule has 4 aromatic rings. The minimum Gasteiger partial charge on any atom is -0.374 e. The van der Waals surface area contributed by atoms with E-state index in [0.29, 0.717) is 26.2 Å². The summed E-state index contributed by atoms with van der Waals surface area (Å²) in [5.41, 5.74) is 5.12. The molecule has 1 N–H and O–H groups in total. The Bertz CT molecular complexity index is 1520. The number of benzene rings is 4. The number of hydrogen-bond donors (Lipinski definition) is 1. The molecule has 0 aromatic heterocycles. The van der Waals surface area contributed by atoms with Crippen molar-refractivity contribution in [2.75, 3.05) is 51.6 Å². The van der Waals surface area contributed by atoms with Crippen molar-refractivity contribution in [1.29, 1.82) is 0 Å². The van der Waals surface area contributed by atoms with Gasteiger partial charge in [0.25, 0.3) is 0 Å². The van der Waals surface area contributed by atoms with Crippen LogP contribution in [0.5, 0.6) is 0 Å². The summed E-state index contributed by atoms with van der Waals surface area (Å²) in [5.74, 6) is 0.302. The lowest BCUT2D eigenvalue weighted by Gasteiger charge is -2.45. The Morgan fingerprint density at radius 3 is 1.71 bits per heavy atom. The molecule has 2 saturated heterocycles. The molecule has 0 aliphatic carbocycles. The molecule has 0 bridgehead atoms. The number of carbonyl (C=O) groups is 2. The number of rotatable bonds is 8. The summed E-state index contributed by atoms with van der Waals surface area (Å²) in [5, 5.41) is 3.57. The average Bonchev–Trinajstić information content (AvgIpc) is 3.10. The molecule has 0 spiro atoms. The summed E-state index contributed by atoms with van der Waals surface area (Å²) in [4.78, 5) is 34.2. The maximum absolute atomic E-state index is 14.2. The van der Waals surface area contributed by atoms with Crippen LogP contribution in [-0.2, 0) is 15.0 Å². The zero-order valence-corrected chi connectivity index (χ0v) is 26.4. The summed E-state index contributed by atoms with van der Waals surface area (Å²) < 4.78 is 0. The van der Waals surface area contributed by atoms with E-state index in [0.717, 1.165) is 42.7 Å². The number of nitrogens with one attached hydrogen (secondary N) is 1. The molecule has 2 aliphatic heterocycles. The summed E-state index contributed by atoms with van der Waals surface area (Å²) in [7, 11) is 2.13. The summed E-state index contributed by atoms with van der Waals surface area (Å²) in [6.07, 6.45) is 1.64. The van der Waals surface area contributed by atoms with Gasteiger partial charge in [-0.2, -0.15) is 0 Å². The Kier molecular flexibility index (Phi) is 9.31. The van der Waals surface area contributed by atoms with E-state index < -0.39 is 11.5 Å². The van der Waals surface area contributed by atoms with Crippen molar-refractivity contribution >= 4 is 17.5 Å². The maximum Gasteiger partial charge on any atom is 0.244 e. The van der Waals surface area contributed by atoms with Crippen LogP contribution < -0.4 is 5.32 Å². The van der Waals surface area contributed by atoms with Crippen LogP contribution in [0.15, 0.2) is 115 Å². The van der Waals surface area contributed by atoms with Crippen molar-refractivity contribution in [3.8, 4) is 0 Å². The van der Waals surface area contributed by atoms with Crippen molar-refractivity contribution in [2.45, 2.75) is 37.1 Å². The molecular weight excluding hydrogens is 556 g/mol. The number of amides is 2. The molecule has 45 heavy (non-hydrogen) atoms. The molecule has 4 aromatic carbocycles. The highest BCUT2D eigenvalue weighted by atomic mass is 16.2. The van der Waals surface area contributed by atoms with Crippen molar-refractivity contribution in [3.05, 3.63) is 138 Å².